The first kappa shape index (κ1) is 48.0. The molecule has 0 spiro atoms. The van der Waals surface area contributed by atoms with Gasteiger partial charge in [-0.2, -0.15) is 5.26 Å². The van der Waals surface area contributed by atoms with Crippen molar-refractivity contribution in [3.05, 3.63) is 128 Å². The largest absolute Gasteiger partial charge is 0.497 e. The Morgan fingerprint density at radius 1 is 0.889 bits per heavy atom. The summed E-state index contributed by atoms with van der Waals surface area (Å²) in [6, 6.07) is 26.5. The van der Waals surface area contributed by atoms with Gasteiger partial charge in [-0.15, -0.1) is 0 Å². The number of benzene rings is 3. The van der Waals surface area contributed by atoms with Crippen LogP contribution in [-0.2, 0) is 24.1 Å². The number of hydrogen-bond donors (Lipinski definition) is 4. The van der Waals surface area contributed by atoms with Crippen molar-refractivity contribution in [3.63, 3.8) is 0 Å². The van der Waals surface area contributed by atoms with Gasteiger partial charge in [-0.1, -0.05) is 72.6 Å². The number of aliphatic hydroxyl groups excluding tert-OH is 1. The highest BCUT2D eigenvalue weighted by atomic mass is 31.2. The van der Waals surface area contributed by atoms with E-state index in [2.05, 4.69) is 16.2 Å². The van der Waals surface area contributed by atoms with E-state index in [-0.39, 0.29) is 34.8 Å². The van der Waals surface area contributed by atoms with Gasteiger partial charge in [0.2, 0.25) is 0 Å². The highest BCUT2D eigenvalue weighted by Crippen LogP contribution is 2.51. The molecular formula is C47H63N5O10P+. The van der Waals surface area contributed by atoms with Crippen LogP contribution in [0.25, 0.3) is 0 Å². The van der Waals surface area contributed by atoms with Crippen molar-refractivity contribution in [2.45, 2.75) is 127 Å². The van der Waals surface area contributed by atoms with Crippen LogP contribution >= 0.6 is 8.53 Å². The quantitative estimate of drug-likeness (QED) is 0.0365. The number of rotatable bonds is 19. The predicted molar refractivity (Wildman–Crippen MR) is 239 cm³/mol. The summed E-state index contributed by atoms with van der Waals surface area (Å²) in [5.74, 6) is 1.21. The van der Waals surface area contributed by atoms with Gasteiger partial charge in [-0.3, -0.25) is 14.3 Å². The molecule has 1 aliphatic heterocycles. The lowest BCUT2D eigenvalue weighted by Crippen LogP contribution is -2.64. The Balaban J connectivity index is 1.61. The number of quaternary nitrogens is 1. The van der Waals surface area contributed by atoms with Gasteiger partial charge in [-0.05, 0) is 88.4 Å². The van der Waals surface area contributed by atoms with Crippen molar-refractivity contribution in [1.82, 2.24) is 14.7 Å². The van der Waals surface area contributed by atoms with Crippen LogP contribution in [0.5, 0.6) is 11.5 Å². The molecule has 1 aromatic heterocycles. The van der Waals surface area contributed by atoms with Gasteiger partial charge in [-0.25, -0.2) is 9.39 Å². The molecule has 2 fully saturated rings. The van der Waals surface area contributed by atoms with Crippen LogP contribution in [-0.4, -0.2) is 101 Å². The minimum absolute atomic E-state index is 0.0941. The summed E-state index contributed by atoms with van der Waals surface area (Å²) in [6.45, 7) is 10.0. The van der Waals surface area contributed by atoms with Crippen LogP contribution in [0.4, 0.5) is 0 Å². The van der Waals surface area contributed by atoms with Crippen molar-refractivity contribution >= 4 is 8.53 Å². The van der Waals surface area contributed by atoms with Crippen LogP contribution in [0.3, 0.4) is 0 Å². The summed E-state index contributed by atoms with van der Waals surface area (Å²) in [5.41, 5.74) is -0.407. The Labute approximate surface area is 371 Å². The van der Waals surface area contributed by atoms with E-state index >= 15 is 0 Å². The highest BCUT2D eigenvalue weighted by Gasteiger charge is 2.59. The van der Waals surface area contributed by atoms with Gasteiger partial charge in [0.15, 0.2) is 6.23 Å². The van der Waals surface area contributed by atoms with Crippen LogP contribution in [0.2, 0.25) is 0 Å². The van der Waals surface area contributed by atoms with E-state index in [1.807, 2.05) is 107 Å². The average molecular weight is 889 g/mol. The van der Waals surface area contributed by atoms with E-state index in [4.69, 9.17) is 28.2 Å². The van der Waals surface area contributed by atoms with Crippen LogP contribution in [0.15, 0.2) is 94.6 Å². The minimum atomic E-state index is -2.56. The molecule has 0 radical (unpaired) electrons. The summed E-state index contributed by atoms with van der Waals surface area (Å²) in [6.07, 6.45) is -2.51. The summed E-state index contributed by atoms with van der Waals surface area (Å²) in [5, 5.41) is 26.8. The SMILES string of the molecule is COc1ccc(C(c2ccccc2)(c2ccc(OC)cc2)C(O)[C@H]2O[C@@H](n3cc(C)c(=O)[nH]c3=O)[C@H](O[C@@H]3CCCC[C@H]3OC)[C@@H]2OP(O)N[N+](CCC#N)(C(C)C)C(C)C)cc1. The maximum atomic E-state index is 13.9. The van der Waals surface area contributed by atoms with Crippen molar-refractivity contribution in [2.75, 3.05) is 27.9 Å². The molecule has 8 atom stereocenters. The fourth-order valence-electron chi connectivity index (χ4n) is 9.47. The average Bonchev–Trinajstić information content (AvgIpc) is 3.63. The first-order valence-electron chi connectivity index (χ1n) is 21.6. The molecule has 2 aliphatic rings. The van der Waals surface area contributed by atoms with E-state index < -0.39 is 61.9 Å². The molecule has 15 nitrogen and oxygen atoms in total. The molecule has 1 saturated carbocycles. The highest BCUT2D eigenvalue weighted by molar-refractivity contribution is 7.43. The standard InChI is InChI=1S/C47H62N5O10P/c1-30(2)52(31(3)4,28-14-27-48)50-63(56)62-40-41(61-45(51-29-32(5)44(54)49-46(51)55)42(40)60-39-18-13-12-17-38(39)59-8)43(53)47(33-15-10-9-11-16-33,34-19-23-36(57-6)24-20-34)35-21-25-37(58-7)26-22-35/h9-11,15-16,19-26,29-31,38-43,45,50,53,56H,12-14,17-18,28H2,1-8H3/p+1/t38-,39-,40-,41+,42-,43?,45-,63?/m1/s1. The first-order chi connectivity index (χ1) is 30.2. The molecule has 63 heavy (non-hydrogen) atoms. The van der Waals surface area contributed by atoms with Gasteiger partial charge in [0.1, 0.15) is 54.5 Å². The maximum Gasteiger partial charge on any atom is 0.330 e. The van der Waals surface area contributed by atoms with Gasteiger partial charge < -0.3 is 38.2 Å². The summed E-state index contributed by atoms with van der Waals surface area (Å²) in [7, 11) is 2.24. The summed E-state index contributed by atoms with van der Waals surface area (Å²) in [4.78, 5) is 41.4. The number of methoxy groups -OCH3 is 3. The minimum Gasteiger partial charge on any atom is -0.497 e. The number of nitrogens with one attached hydrogen (secondary N) is 2. The molecule has 6 rings (SSSR count). The fraction of sp³-hybridized carbons (Fsp3) is 0.511. The Bertz CT molecular complexity index is 2190. The number of ether oxygens (including phenoxy) is 5. The summed E-state index contributed by atoms with van der Waals surface area (Å²) >= 11 is 0. The lowest BCUT2D eigenvalue weighted by Gasteiger charge is -2.46. The Morgan fingerprint density at radius 2 is 1.44 bits per heavy atom. The number of aryl methyl sites for hydroxylation is 1. The van der Waals surface area contributed by atoms with E-state index in [0.29, 0.717) is 41.2 Å². The zero-order valence-corrected chi connectivity index (χ0v) is 38.4. The number of nitrogens with zero attached hydrogens (tertiary/aromatic N) is 3. The number of aromatic amines is 1. The third kappa shape index (κ3) is 9.81. The Kier molecular flexibility index (Phi) is 16.0. The third-order valence-electron chi connectivity index (χ3n) is 12.9. The second kappa shape index (κ2) is 21.0. The van der Waals surface area contributed by atoms with Crippen LogP contribution < -0.4 is 25.9 Å². The molecule has 3 aromatic carbocycles. The van der Waals surface area contributed by atoms with Gasteiger partial charge in [0.25, 0.3) is 5.56 Å². The normalized spacial score (nSPS) is 22.8. The number of aromatic nitrogens is 2. The lowest BCUT2D eigenvalue weighted by atomic mass is 9.64. The molecule has 4 N–H and O–H groups in total. The fourth-order valence-corrected chi connectivity index (χ4v) is 10.9. The van der Waals surface area contributed by atoms with Crippen molar-refractivity contribution < 1.29 is 42.8 Å². The Morgan fingerprint density at radius 3 is 1.97 bits per heavy atom. The topological polar surface area (TPSA) is 187 Å². The lowest BCUT2D eigenvalue weighted by molar-refractivity contribution is -0.994. The van der Waals surface area contributed by atoms with E-state index in [1.165, 1.54) is 10.8 Å². The van der Waals surface area contributed by atoms with Crippen molar-refractivity contribution in [3.8, 4) is 17.6 Å². The number of H-pyrrole nitrogens is 1. The molecule has 1 aliphatic carbocycles. The molecule has 2 heterocycles. The van der Waals surface area contributed by atoms with Gasteiger partial charge >= 0.3 is 14.2 Å². The maximum absolute atomic E-state index is 13.9. The van der Waals surface area contributed by atoms with Crippen LogP contribution in [0.1, 0.15) is 88.3 Å². The second-order valence-corrected chi connectivity index (χ2v) is 17.9. The molecule has 1 saturated heterocycles. The molecule has 0 amide bonds. The molecule has 4 aromatic rings. The van der Waals surface area contributed by atoms with Crippen molar-refractivity contribution in [2.24, 2.45) is 0 Å². The summed E-state index contributed by atoms with van der Waals surface area (Å²) < 4.78 is 39.5. The monoisotopic (exact) mass is 888 g/mol. The smallest absolute Gasteiger partial charge is 0.330 e. The number of aliphatic hydroxyl groups is 1. The van der Waals surface area contributed by atoms with Gasteiger partial charge in [0.05, 0.1) is 44.3 Å². The van der Waals surface area contributed by atoms with E-state index in [9.17, 15) is 24.9 Å². The number of hydrogen-bond acceptors (Lipinski definition) is 12. The second-order valence-electron chi connectivity index (χ2n) is 16.9. The zero-order chi connectivity index (χ0) is 45.5. The molecule has 340 valence electrons. The number of nitriles is 1. The molecular weight excluding hydrogens is 826 g/mol. The zero-order valence-electron chi connectivity index (χ0n) is 37.5. The van der Waals surface area contributed by atoms with Crippen LogP contribution in [0, 0.1) is 18.3 Å². The van der Waals surface area contributed by atoms with Crippen molar-refractivity contribution in [1.29, 1.82) is 5.26 Å². The third-order valence-corrected chi connectivity index (χ3v) is 13.9. The first-order valence-corrected chi connectivity index (χ1v) is 22.8. The van der Waals surface area contributed by atoms with E-state index in [0.717, 1.165) is 19.3 Å². The molecule has 16 heteroatoms. The van der Waals surface area contributed by atoms with Gasteiger partial charge in [0, 0.05) is 18.9 Å². The predicted octanol–water partition coefficient (Wildman–Crippen LogP) is 6.15. The van der Waals surface area contributed by atoms with E-state index in [1.54, 1.807) is 28.3 Å². The molecule has 2 unspecified atom stereocenters. The molecule has 0 bridgehead atoms. The Hall–Kier alpha value is -4.46.